The van der Waals surface area contributed by atoms with Crippen LogP contribution >= 0.6 is 0 Å². The Morgan fingerprint density at radius 3 is 2.56 bits per heavy atom. The molecule has 0 bridgehead atoms. The summed E-state index contributed by atoms with van der Waals surface area (Å²) in [6.07, 6.45) is 3.54. The highest BCUT2D eigenvalue weighted by atomic mass is 32.2. The van der Waals surface area contributed by atoms with Gasteiger partial charge in [-0.1, -0.05) is 6.42 Å². The second kappa shape index (κ2) is 4.85. The minimum absolute atomic E-state index is 0.189. The number of hydrogen-bond acceptors (Lipinski definition) is 3. The Morgan fingerprint density at radius 1 is 1.44 bits per heavy atom. The van der Waals surface area contributed by atoms with Gasteiger partial charge in [0, 0.05) is 6.04 Å². The Labute approximate surface area is 106 Å². The van der Waals surface area contributed by atoms with Crippen LogP contribution in [0.25, 0.3) is 0 Å². The monoisotopic (exact) mass is 272 g/mol. The molecule has 0 aromatic heterocycles. The van der Waals surface area contributed by atoms with E-state index in [9.17, 15) is 12.8 Å². The number of rotatable bonds is 4. The molecule has 1 aromatic carbocycles. The zero-order valence-electron chi connectivity index (χ0n) is 10.2. The molecule has 1 unspecified atom stereocenters. The van der Waals surface area contributed by atoms with E-state index in [0.717, 1.165) is 18.9 Å². The van der Waals surface area contributed by atoms with Crippen LogP contribution < -0.4 is 10.5 Å². The highest BCUT2D eigenvalue weighted by Gasteiger charge is 2.24. The van der Waals surface area contributed by atoms with Crippen LogP contribution in [0.1, 0.15) is 26.2 Å². The van der Waals surface area contributed by atoms with Crippen LogP contribution in [0.5, 0.6) is 0 Å². The van der Waals surface area contributed by atoms with E-state index in [-0.39, 0.29) is 10.9 Å². The molecule has 0 spiro atoms. The van der Waals surface area contributed by atoms with E-state index in [2.05, 4.69) is 5.32 Å². The van der Waals surface area contributed by atoms with Gasteiger partial charge < -0.3 is 5.32 Å². The van der Waals surface area contributed by atoms with E-state index in [1.165, 1.54) is 18.6 Å². The normalized spacial score (nSPS) is 18.2. The standard InChI is InChI=1S/C12H17FN2O2S/c1-8(9-3-2-4-9)15-12-6-5-10(7-11(12)13)18(14,16)17/h5-9,15H,2-4H2,1H3,(H2,14,16,17). The first-order chi connectivity index (χ1) is 8.38. The topological polar surface area (TPSA) is 72.2 Å². The average molecular weight is 272 g/mol. The highest BCUT2D eigenvalue weighted by molar-refractivity contribution is 7.89. The third-order valence-corrected chi connectivity index (χ3v) is 4.42. The van der Waals surface area contributed by atoms with E-state index in [1.807, 2.05) is 6.92 Å². The van der Waals surface area contributed by atoms with Crippen molar-refractivity contribution in [1.82, 2.24) is 0 Å². The first-order valence-corrected chi connectivity index (χ1v) is 7.51. The van der Waals surface area contributed by atoms with Gasteiger partial charge in [0.15, 0.2) is 0 Å². The Kier molecular flexibility index (Phi) is 3.59. The molecule has 3 N–H and O–H groups in total. The number of nitrogens with two attached hydrogens (primary N) is 1. The third-order valence-electron chi connectivity index (χ3n) is 3.51. The molecule has 1 aromatic rings. The molecule has 0 heterocycles. The maximum atomic E-state index is 13.7. The lowest BCUT2D eigenvalue weighted by Gasteiger charge is -2.32. The predicted octanol–water partition coefficient (Wildman–Crippen LogP) is 2.07. The van der Waals surface area contributed by atoms with Gasteiger partial charge in [-0.05, 0) is 43.9 Å². The number of halogens is 1. The summed E-state index contributed by atoms with van der Waals surface area (Å²) in [6, 6.07) is 3.87. The van der Waals surface area contributed by atoms with Crippen LogP contribution in [-0.2, 0) is 10.0 Å². The quantitative estimate of drug-likeness (QED) is 0.881. The molecule has 18 heavy (non-hydrogen) atoms. The fourth-order valence-electron chi connectivity index (χ4n) is 2.09. The molecular formula is C12H17FN2O2S. The molecule has 0 amide bonds. The largest absolute Gasteiger partial charge is 0.380 e. The Hall–Kier alpha value is -1.14. The smallest absolute Gasteiger partial charge is 0.238 e. The lowest BCUT2D eigenvalue weighted by Crippen LogP contribution is -2.31. The van der Waals surface area contributed by atoms with Gasteiger partial charge in [0.25, 0.3) is 0 Å². The van der Waals surface area contributed by atoms with Gasteiger partial charge in [-0.25, -0.2) is 17.9 Å². The van der Waals surface area contributed by atoms with Crippen molar-refractivity contribution in [3.63, 3.8) is 0 Å². The molecule has 1 aliphatic carbocycles. The number of primary sulfonamides is 1. The Bertz CT molecular complexity index is 541. The Morgan fingerprint density at radius 2 is 2.11 bits per heavy atom. The molecule has 6 heteroatoms. The van der Waals surface area contributed by atoms with Crippen molar-refractivity contribution in [2.75, 3.05) is 5.32 Å². The van der Waals surface area contributed by atoms with Crippen LogP contribution in [0.2, 0.25) is 0 Å². The van der Waals surface area contributed by atoms with Crippen molar-refractivity contribution in [2.45, 2.75) is 37.1 Å². The molecule has 0 aliphatic heterocycles. The molecule has 4 nitrogen and oxygen atoms in total. The lowest BCUT2D eigenvalue weighted by atomic mass is 9.80. The van der Waals surface area contributed by atoms with Crippen molar-refractivity contribution in [3.8, 4) is 0 Å². The zero-order valence-corrected chi connectivity index (χ0v) is 11.0. The zero-order chi connectivity index (χ0) is 13.3. The van der Waals surface area contributed by atoms with Crippen LogP contribution in [0, 0.1) is 11.7 Å². The van der Waals surface area contributed by atoms with E-state index in [4.69, 9.17) is 5.14 Å². The molecule has 0 radical (unpaired) electrons. The number of anilines is 1. The van der Waals surface area contributed by atoms with Crippen LogP contribution in [0.15, 0.2) is 23.1 Å². The van der Waals surface area contributed by atoms with E-state index >= 15 is 0 Å². The van der Waals surface area contributed by atoms with Crippen LogP contribution in [0.4, 0.5) is 10.1 Å². The minimum atomic E-state index is -3.85. The first kappa shape index (κ1) is 13.3. The van der Waals surface area contributed by atoms with Gasteiger partial charge in [0.05, 0.1) is 10.6 Å². The molecule has 2 rings (SSSR count). The van der Waals surface area contributed by atoms with Crippen LogP contribution in [-0.4, -0.2) is 14.5 Å². The summed E-state index contributed by atoms with van der Waals surface area (Å²) in [5, 5.41) is 8.02. The molecule has 1 fully saturated rings. The number of benzene rings is 1. The fourth-order valence-corrected chi connectivity index (χ4v) is 2.62. The predicted molar refractivity (Wildman–Crippen MR) is 68.2 cm³/mol. The van der Waals surface area contributed by atoms with E-state index < -0.39 is 15.8 Å². The summed E-state index contributed by atoms with van der Waals surface area (Å²) in [7, 11) is -3.85. The minimum Gasteiger partial charge on any atom is -0.380 e. The maximum absolute atomic E-state index is 13.7. The van der Waals surface area contributed by atoms with Crippen molar-refractivity contribution >= 4 is 15.7 Å². The van der Waals surface area contributed by atoms with E-state index in [1.54, 1.807) is 0 Å². The summed E-state index contributed by atoms with van der Waals surface area (Å²) in [5.74, 6) is -0.0185. The highest BCUT2D eigenvalue weighted by Crippen LogP contribution is 2.31. The molecular weight excluding hydrogens is 255 g/mol. The first-order valence-electron chi connectivity index (χ1n) is 5.97. The summed E-state index contributed by atoms with van der Waals surface area (Å²) in [5.41, 5.74) is 0.321. The van der Waals surface area contributed by atoms with Crippen molar-refractivity contribution in [3.05, 3.63) is 24.0 Å². The summed E-state index contributed by atoms with van der Waals surface area (Å²) < 4.78 is 35.9. The summed E-state index contributed by atoms with van der Waals surface area (Å²) in [6.45, 7) is 2.01. The average Bonchev–Trinajstić information content (AvgIpc) is 2.16. The number of hydrogen-bond donors (Lipinski definition) is 2. The number of sulfonamides is 1. The molecule has 1 saturated carbocycles. The summed E-state index contributed by atoms with van der Waals surface area (Å²) in [4.78, 5) is -0.207. The van der Waals surface area contributed by atoms with Crippen molar-refractivity contribution < 1.29 is 12.8 Å². The van der Waals surface area contributed by atoms with Gasteiger partial charge in [-0.3, -0.25) is 0 Å². The van der Waals surface area contributed by atoms with Crippen LogP contribution in [0.3, 0.4) is 0 Å². The van der Waals surface area contributed by atoms with Crippen molar-refractivity contribution in [1.29, 1.82) is 0 Å². The molecule has 100 valence electrons. The Balaban J connectivity index is 2.14. The SMILES string of the molecule is CC(Nc1ccc(S(N)(=O)=O)cc1F)C1CCC1. The second-order valence-electron chi connectivity index (χ2n) is 4.81. The third kappa shape index (κ3) is 2.81. The lowest BCUT2D eigenvalue weighted by molar-refractivity contribution is 0.285. The fraction of sp³-hybridized carbons (Fsp3) is 0.500. The van der Waals surface area contributed by atoms with Gasteiger partial charge in [0.1, 0.15) is 5.82 Å². The van der Waals surface area contributed by atoms with E-state index in [0.29, 0.717) is 11.6 Å². The van der Waals surface area contributed by atoms with Crippen molar-refractivity contribution in [2.24, 2.45) is 11.1 Å². The molecule has 0 saturated heterocycles. The molecule has 1 aliphatic rings. The second-order valence-corrected chi connectivity index (χ2v) is 6.37. The van der Waals surface area contributed by atoms with Gasteiger partial charge in [-0.2, -0.15) is 0 Å². The number of nitrogens with one attached hydrogen (secondary N) is 1. The maximum Gasteiger partial charge on any atom is 0.238 e. The molecule has 1 atom stereocenters. The van der Waals surface area contributed by atoms with Gasteiger partial charge in [-0.15, -0.1) is 0 Å². The van der Waals surface area contributed by atoms with Gasteiger partial charge >= 0.3 is 0 Å². The summed E-state index contributed by atoms with van der Waals surface area (Å²) >= 11 is 0. The van der Waals surface area contributed by atoms with Gasteiger partial charge in [0.2, 0.25) is 10.0 Å².